The smallest absolute Gasteiger partial charge is 0.389 e. The number of carbonyl (C=O) groups is 1. The van der Waals surface area contributed by atoms with Crippen LogP contribution in [0, 0.1) is 24.2 Å². The van der Waals surface area contributed by atoms with Gasteiger partial charge in [-0.3, -0.25) is 0 Å². The van der Waals surface area contributed by atoms with Crippen LogP contribution in [0.4, 0.5) is 29.5 Å². The normalized spacial score (nSPS) is 16.0. The fraction of sp³-hybridized carbons (Fsp3) is 0.357. The Morgan fingerprint density at radius 1 is 1.23 bits per heavy atom. The number of carbonyl (C=O) groups excluding carboxylic acids is 1. The number of aliphatic hydroxyl groups excluding tert-OH is 1. The van der Waals surface area contributed by atoms with Gasteiger partial charge in [-0.05, 0) is 79.3 Å². The first-order valence-corrected chi connectivity index (χ1v) is 12.5. The zero-order valence-electron chi connectivity index (χ0n) is 21.6. The van der Waals surface area contributed by atoms with E-state index in [2.05, 4.69) is 20.6 Å². The number of aryl methyl sites for hydroxylation is 1. The number of rotatable bonds is 7. The van der Waals surface area contributed by atoms with Crippen LogP contribution in [0.5, 0.6) is 0 Å². The van der Waals surface area contributed by atoms with E-state index in [0.29, 0.717) is 29.2 Å². The molecule has 2 atom stereocenters. The molecule has 0 spiro atoms. The molecule has 0 radical (unpaired) electrons. The molecular formula is C28H29F3N6O2. The molecule has 0 aliphatic carbocycles. The summed E-state index contributed by atoms with van der Waals surface area (Å²) >= 11 is 0. The first-order valence-electron chi connectivity index (χ1n) is 12.5. The summed E-state index contributed by atoms with van der Waals surface area (Å²) in [7, 11) is 0. The third kappa shape index (κ3) is 7.23. The number of nitrogens with one attached hydrogen (secondary N) is 2. The average molecular weight is 539 g/mol. The maximum absolute atomic E-state index is 12.8. The van der Waals surface area contributed by atoms with Gasteiger partial charge in [-0.2, -0.15) is 18.4 Å². The van der Waals surface area contributed by atoms with Crippen molar-refractivity contribution in [2.45, 2.75) is 38.9 Å². The van der Waals surface area contributed by atoms with Crippen molar-refractivity contribution in [3.8, 4) is 28.5 Å². The van der Waals surface area contributed by atoms with Crippen molar-refractivity contribution in [3.63, 3.8) is 0 Å². The van der Waals surface area contributed by atoms with Crippen LogP contribution in [0.1, 0.15) is 31.0 Å². The lowest BCUT2D eigenvalue weighted by Gasteiger charge is -2.19. The zero-order chi connectivity index (χ0) is 28.2. The largest absolute Gasteiger partial charge is 0.394 e. The first kappa shape index (κ1) is 27.9. The van der Waals surface area contributed by atoms with Crippen molar-refractivity contribution in [2.24, 2.45) is 5.92 Å². The molecule has 1 fully saturated rings. The van der Waals surface area contributed by atoms with Gasteiger partial charge in [0, 0.05) is 43.0 Å². The fourth-order valence-electron chi connectivity index (χ4n) is 4.58. The Morgan fingerprint density at radius 2 is 2.03 bits per heavy atom. The molecule has 0 bridgehead atoms. The molecule has 3 heterocycles. The Hall–Kier alpha value is -4.17. The maximum atomic E-state index is 12.8. The highest BCUT2D eigenvalue weighted by atomic mass is 19.4. The summed E-state index contributed by atoms with van der Waals surface area (Å²) in [5.74, 6) is -0.0810. The second kappa shape index (κ2) is 11.7. The molecule has 11 heteroatoms. The number of aliphatic hydroxyl groups is 1. The Morgan fingerprint density at radius 3 is 2.74 bits per heavy atom. The number of halogens is 3. The Bertz CT molecular complexity index is 1390. The third-order valence-electron chi connectivity index (χ3n) is 6.56. The Balaban J connectivity index is 1.62. The van der Waals surface area contributed by atoms with E-state index in [9.17, 15) is 28.3 Å². The molecular weight excluding hydrogens is 509 g/mol. The van der Waals surface area contributed by atoms with Crippen molar-refractivity contribution in [1.29, 1.82) is 5.26 Å². The van der Waals surface area contributed by atoms with Gasteiger partial charge in [-0.15, -0.1) is 0 Å². The number of hydrogen-bond acceptors (Lipinski definition) is 6. The number of alkyl halides is 3. The predicted molar refractivity (Wildman–Crippen MR) is 142 cm³/mol. The van der Waals surface area contributed by atoms with E-state index in [1.54, 1.807) is 18.2 Å². The number of urea groups is 1. The number of likely N-dealkylation sites (tertiary alicyclic amines) is 1. The summed E-state index contributed by atoms with van der Waals surface area (Å²) < 4.78 is 38.3. The van der Waals surface area contributed by atoms with Crippen LogP contribution in [0.3, 0.4) is 0 Å². The molecule has 1 saturated heterocycles. The highest BCUT2D eigenvalue weighted by Crippen LogP contribution is 2.33. The molecule has 3 N–H and O–H groups in total. The molecule has 2 amide bonds. The minimum absolute atomic E-state index is 0.0620. The fourth-order valence-corrected chi connectivity index (χ4v) is 4.58. The standard InChI is InChI=1S/C28H29F3N6O2/c1-17-3-4-22(35-27(39)37-8-6-19(15-37)13-28(29,30)31)12-24(17)21-10-25(20-5-7-33-23(9-20)14-32)36-26(11-21)34-18(2)16-38/h3-5,7,9-12,18-19,38H,6,8,13,15-16H2,1-2H3,(H,34,36)(H,35,39)/t18?,19-/m0/s1. The van der Waals surface area contributed by atoms with Gasteiger partial charge in [0.15, 0.2) is 0 Å². The van der Waals surface area contributed by atoms with Crippen LogP contribution in [-0.4, -0.2) is 57.9 Å². The van der Waals surface area contributed by atoms with Gasteiger partial charge >= 0.3 is 12.2 Å². The van der Waals surface area contributed by atoms with Crippen molar-refractivity contribution in [1.82, 2.24) is 14.9 Å². The second-order valence-corrected chi connectivity index (χ2v) is 9.78. The van der Waals surface area contributed by atoms with E-state index in [1.165, 1.54) is 11.1 Å². The highest BCUT2D eigenvalue weighted by molar-refractivity contribution is 5.91. The van der Waals surface area contributed by atoms with Crippen molar-refractivity contribution >= 4 is 17.5 Å². The quantitative estimate of drug-likeness (QED) is 0.361. The van der Waals surface area contributed by atoms with Crippen LogP contribution in [0.25, 0.3) is 22.4 Å². The first-order chi connectivity index (χ1) is 18.5. The molecule has 2 aromatic heterocycles. The topological polar surface area (TPSA) is 114 Å². The van der Waals surface area contributed by atoms with Crippen LogP contribution in [0.2, 0.25) is 0 Å². The monoisotopic (exact) mass is 538 g/mol. The Kier molecular flexibility index (Phi) is 8.35. The molecule has 1 aliphatic rings. The molecule has 1 aromatic carbocycles. The van der Waals surface area contributed by atoms with Gasteiger partial charge in [0.05, 0.1) is 12.3 Å². The average Bonchev–Trinajstić information content (AvgIpc) is 3.36. The summed E-state index contributed by atoms with van der Waals surface area (Å²) in [4.78, 5) is 22.9. The molecule has 204 valence electrons. The van der Waals surface area contributed by atoms with Gasteiger partial charge < -0.3 is 20.6 Å². The van der Waals surface area contributed by atoms with Crippen molar-refractivity contribution in [3.05, 3.63) is 59.9 Å². The van der Waals surface area contributed by atoms with Gasteiger partial charge in [0.2, 0.25) is 0 Å². The number of pyridine rings is 2. The summed E-state index contributed by atoms with van der Waals surface area (Å²) in [5.41, 5.74) is 4.54. The highest BCUT2D eigenvalue weighted by Gasteiger charge is 2.36. The van der Waals surface area contributed by atoms with E-state index in [0.717, 1.165) is 16.7 Å². The Labute approximate surface area is 224 Å². The number of benzene rings is 1. The second-order valence-electron chi connectivity index (χ2n) is 9.78. The molecule has 3 aromatic rings. The van der Waals surface area contributed by atoms with E-state index in [4.69, 9.17) is 0 Å². The lowest BCUT2D eigenvalue weighted by molar-refractivity contribution is -0.143. The maximum Gasteiger partial charge on any atom is 0.389 e. The minimum Gasteiger partial charge on any atom is -0.394 e. The number of aromatic nitrogens is 2. The summed E-state index contributed by atoms with van der Waals surface area (Å²) in [5, 5.41) is 24.8. The van der Waals surface area contributed by atoms with Crippen LogP contribution >= 0.6 is 0 Å². The summed E-state index contributed by atoms with van der Waals surface area (Å²) in [6.45, 7) is 3.97. The molecule has 8 nitrogen and oxygen atoms in total. The van der Waals surface area contributed by atoms with E-state index >= 15 is 0 Å². The number of nitrogens with zero attached hydrogens (tertiary/aromatic N) is 4. The summed E-state index contributed by atoms with van der Waals surface area (Å²) in [6.07, 6.45) is -3.29. The lowest BCUT2D eigenvalue weighted by Crippen LogP contribution is -2.33. The molecule has 1 unspecified atom stereocenters. The predicted octanol–water partition coefficient (Wildman–Crippen LogP) is 5.59. The SMILES string of the molecule is Cc1ccc(NC(=O)N2CC[C@@H](CC(F)(F)F)C2)cc1-c1cc(NC(C)CO)nc(-c2ccnc(C#N)c2)c1. The van der Waals surface area contributed by atoms with E-state index in [1.807, 2.05) is 44.2 Å². The van der Waals surface area contributed by atoms with Crippen LogP contribution in [-0.2, 0) is 0 Å². The van der Waals surface area contributed by atoms with Gasteiger partial charge in [-0.1, -0.05) is 6.07 Å². The van der Waals surface area contributed by atoms with Gasteiger partial charge in [-0.25, -0.2) is 14.8 Å². The molecule has 39 heavy (non-hydrogen) atoms. The molecule has 1 aliphatic heterocycles. The van der Waals surface area contributed by atoms with Crippen molar-refractivity contribution < 1.29 is 23.1 Å². The van der Waals surface area contributed by atoms with Gasteiger partial charge in [0.1, 0.15) is 17.6 Å². The number of anilines is 2. The van der Waals surface area contributed by atoms with Gasteiger partial charge in [0.25, 0.3) is 0 Å². The van der Waals surface area contributed by atoms with Crippen LogP contribution in [0.15, 0.2) is 48.7 Å². The van der Waals surface area contributed by atoms with E-state index in [-0.39, 0.29) is 31.4 Å². The number of hydrogen-bond donors (Lipinski definition) is 3. The number of nitriles is 1. The minimum atomic E-state index is -4.25. The van der Waals surface area contributed by atoms with Crippen molar-refractivity contribution in [2.75, 3.05) is 30.3 Å². The third-order valence-corrected chi connectivity index (χ3v) is 6.56. The number of amides is 2. The van der Waals surface area contributed by atoms with Crippen LogP contribution < -0.4 is 10.6 Å². The van der Waals surface area contributed by atoms with E-state index < -0.39 is 24.5 Å². The summed E-state index contributed by atoms with van der Waals surface area (Å²) in [6, 6.07) is 13.8. The zero-order valence-corrected chi connectivity index (χ0v) is 21.6. The molecule has 0 saturated carbocycles. The lowest BCUT2D eigenvalue weighted by atomic mass is 9.98. The molecule has 4 rings (SSSR count).